The van der Waals surface area contributed by atoms with Crippen molar-refractivity contribution in [2.24, 2.45) is 0 Å². The Morgan fingerprint density at radius 2 is 1.43 bits per heavy atom. The molecule has 0 aliphatic rings. The van der Waals surface area contributed by atoms with Gasteiger partial charge in [-0.25, -0.2) is 0 Å². The van der Waals surface area contributed by atoms with Gasteiger partial charge in [0.25, 0.3) is 0 Å². The van der Waals surface area contributed by atoms with Crippen molar-refractivity contribution in [1.82, 2.24) is 0 Å². The summed E-state index contributed by atoms with van der Waals surface area (Å²) in [7, 11) is -3.82. The van der Waals surface area contributed by atoms with Gasteiger partial charge in [0.1, 0.15) is 4.90 Å². The molecule has 0 atom stereocenters. The lowest BCUT2D eigenvalue weighted by atomic mass is 10.1. The van der Waals surface area contributed by atoms with Gasteiger partial charge in [0.05, 0.1) is 0 Å². The zero-order valence-corrected chi connectivity index (χ0v) is 14.7. The molecule has 0 aliphatic heterocycles. The summed E-state index contributed by atoms with van der Waals surface area (Å²) in [5.41, 5.74) is 2.83. The lowest BCUT2D eigenvalue weighted by Gasteiger charge is -2.10. The fraction of sp³-hybridized carbons (Fsp3) is 0.125. The summed E-state index contributed by atoms with van der Waals surface area (Å²) in [6, 6.07) is 14.1. The van der Waals surface area contributed by atoms with Crippen molar-refractivity contribution in [2.45, 2.75) is 18.7 Å². The lowest BCUT2D eigenvalue weighted by Crippen LogP contribution is -2.05. The predicted molar refractivity (Wildman–Crippen MR) is 92.6 cm³/mol. The van der Waals surface area contributed by atoms with E-state index in [1.54, 1.807) is 28.3 Å². The normalized spacial score (nSPS) is 12.2. The van der Waals surface area contributed by atoms with Crippen molar-refractivity contribution in [2.75, 3.05) is 0 Å². The third-order valence-electron chi connectivity index (χ3n) is 2.94. The number of halogens is 1. The fourth-order valence-electron chi connectivity index (χ4n) is 1.72. The molecule has 5 heteroatoms. The highest BCUT2D eigenvalue weighted by atomic mass is 127. The van der Waals surface area contributed by atoms with Gasteiger partial charge in [-0.05, 0) is 48.6 Å². The van der Waals surface area contributed by atoms with Gasteiger partial charge in [0, 0.05) is 9.65 Å². The molecule has 0 bridgehead atoms. The summed E-state index contributed by atoms with van der Waals surface area (Å²) in [6.45, 7) is 3.88. The summed E-state index contributed by atoms with van der Waals surface area (Å²) in [5.74, 6) is 0.316. The molecule has 0 saturated heterocycles. The highest BCUT2D eigenvalue weighted by molar-refractivity contribution is 14.1. The van der Waals surface area contributed by atoms with Crippen LogP contribution in [-0.4, -0.2) is 8.42 Å². The first-order valence-electron chi connectivity index (χ1n) is 6.31. The largest absolute Gasteiger partial charge is 0.378 e. The van der Waals surface area contributed by atoms with E-state index in [0.29, 0.717) is 5.76 Å². The standard InChI is InChI=1S/C16H15IO3S/c1-12-3-7-14(8-4-12)16(11-17)20-21(18,19)15-9-5-13(2)6-10-15/h3-11H,1-2H3/b16-11+. The lowest BCUT2D eigenvalue weighted by molar-refractivity contribution is 0.464. The summed E-state index contributed by atoms with van der Waals surface area (Å²) in [6.07, 6.45) is 0. The van der Waals surface area contributed by atoms with E-state index in [2.05, 4.69) is 0 Å². The molecule has 0 radical (unpaired) electrons. The molecule has 0 heterocycles. The van der Waals surface area contributed by atoms with E-state index in [1.165, 1.54) is 0 Å². The van der Waals surface area contributed by atoms with Crippen molar-refractivity contribution >= 4 is 38.5 Å². The monoisotopic (exact) mass is 414 g/mol. The Hall–Kier alpha value is -1.34. The minimum atomic E-state index is -3.82. The van der Waals surface area contributed by atoms with Gasteiger partial charge in [0.2, 0.25) is 0 Å². The molecule has 0 unspecified atom stereocenters. The summed E-state index contributed by atoms with van der Waals surface area (Å²) < 4.78 is 31.5. The first kappa shape index (κ1) is 16.0. The molecular weight excluding hydrogens is 399 g/mol. The van der Waals surface area contributed by atoms with Crippen LogP contribution in [0.1, 0.15) is 16.7 Å². The maximum Gasteiger partial charge on any atom is 0.339 e. The smallest absolute Gasteiger partial charge is 0.339 e. The number of hydrogen-bond acceptors (Lipinski definition) is 3. The van der Waals surface area contributed by atoms with Crippen LogP contribution in [0, 0.1) is 13.8 Å². The second kappa shape index (κ2) is 6.62. The van der Waals surface area contributed by atoms with Crippen molar-refractivity contribution in [3.8, 4) is 0 Å². The van der Waals surface area contributed by atoms with Gasteiger partial charge in [-0.15, -0.1) is 0 Å². The molecule has 0 aliphatic carbocycles. The summed E-state index contributed by atoms with van der Waals surface area (Å²) in [4.78, 5) is 0.149. The highest BCUT2D eigenvalue weighted by Crippen LogP contribution is 2.24. The molecule has 110 valence electrons. The van der Waals surface area contributed by atoms with Crippen molar-refractivity contribution < 1.29 is 12.6 Å². The maximum absolute atomic E-state index is 12.3. The first-order chi connectivity index (χ1) is 9.92. The molecule has 2 aromatic rings. The van der Waals surface area contributed by atoms with Gasteiger partial charge < -0.3 is 4.18 Å². The van der Waals surface area contributed by atoms with E-state index in [0.717, 1.165) is 16.7 Å². The highest BCUT2D eigenvalue weighted by Gasteiger charge is 2.18. The zero-order chi connectivity index (χ0) is 15.5. The molecule has 2 aromatic carbocycles. The number of benzene rings is 2. The van der Waals surface area contributed by atoms with Gasteiger partial charge in [-0.3, -0.25) is 0 Å². The summed E-state index contributed by atoms with van der Waals surface area (Å²) >= 11 is 1.97. The minimum Gasteiger partial charge on any atom is -0.378 e. The zero-order valence-electron chi connectivity index (χ0n) is 11.7. The van der Waals surface area contributed by atoms with Crippen LogP contribution in [0.25, 0.3) is 5.76 Å². The van der Waals surface area contributed by atoms with Crippen LogP contribution in [0.4, 0.5) is 0 Å². The third-order valence-corrected chi connectivity index (χ3v) is 4.76. The molecule has 0 aromatic heterocycles. The second-order valence-electron chi connectivity index (χ2n) is 4.69. The van der Waals surface area contributed by atoms with Crippen LogP contribution in [0.3, 0.4) is 0 Å². The Morgan fingerprint density at radius 3 is 1.90 bits per heavy atom. The van der Waals surface area contributed by atoms with Crippen LogP contribution in [0.2, 0.25) is 0 Å². The molecule has 0 amide bonds. The van der Waals surface area contributed by atoms with E-state index < -0.39 is 10.1 Å². The average Bonchev–Trinajstić information content (AvgIpc) is 2.46. The Kier molecular flexibility index (Phi) is 5.05. The fourth-order valence-corrected chi connectivity index (χ4v) is 3.32. The molecule has 2 rings (SSSR count). The Bertz CT molecular complexity index is 745. The van der Waals surface area contributed by atoms with Crippen molar-refractivity contribution in [3.05, 3.63) is 69.3 Å². The Morgan fingerprint density at radius 1 is 0.952 bits per heavy atom. The van der Waals surface area contributed by atoms with E-state index >= 15 is 0 Å². The molecule has 3 nitrogen and oxygen atoms in total. The van der Waals surface area contributed by atoms with Crippen LogP contribution < -0.4 is 0 Å². The van der Waals surface area contributed by atoms with Crippen molar-refractivity contribution in [1.29, 1.82) is 0 Å². The minimum absolute atomic E-state index is 0.149. The van der Waals surface area contributed by atoms with Crippen LogP contribution >= 0.6 is 22.6 Å². The van der Waals surface area contributed by atoms with E-state index in [-0.39, 0.29) is 4.90 Å². The van der Waals surface area contributed by atoms with E-state index in [4.69, 9.17) is 4.18 Å². The van der Waals surface area contributed by atoms with Crippen LogP contribution in [0.5, 0.6) is 0 Å². The first-order valence-corrected chi connectivity index (χ1v) is 8.96. The van der Waals surface area contributed by atoms with Gasteiger partial charge in [-0.1, -0.05) is 47.5 Å². The van der Waals surface area contributed by atoms with E-state index in [9.17, 15) is 8.42 Å². The van der Waals surface area contributed by atoms with Crippen molar-refractivity contribution in [3.63, 3.8) is 0 Å². The average molecular weight is 414 g/mol. The van der Waals surface area contributed by atoms with Gasteiger partial charge >= 0.3 is 10.1 Å². The second-order valence-corrected chi connectivity index (χ2v) is 6.86. The Labute approximate surface area is 138 Å². The topological polar surface area (TPSA) is 43.4 Å². The van der Waals surface area contributed by atoms with Gasteiger partial charge in [-0.2, -0.15) is 8.42 Å². The quantitative estimate of drug-likeness (QED) is 0.422. The maximum atomic E-state index is 12.3. The summed E-state index contributed by atoms with van der Waals surface area (Å²) in [5, 5.41) is 0. The van der Waals surface area contributed by atoms with Crippen LogP contribution in [0.15, 0.2) is 57.5 Å². The molecule has 0 fully saturated rings. The predicted octanol–water partition coefficient (Wildman–Crippen LogP) is 4.44. The molecule has 0 saturated carbocycles. The van der Waals surface area contributed by atoms with E-state index in [1.807, 2.05) is 60.7 Å². The Balaban J connectivity index is 2.29. The molecular formula is C16H15IO3S. The van der Waals surface area contributed by atoms with Gasteiger partial charge in [0.15, 0.2) is 5.76 Å². The molecule has 21 heavy (non-hydrogen) atoms. The number of rotatable bonds is 4. The molecule has 0 N–H and O–H groups in total. The number of aryl methyl sites for hydroxylation is 2. The number of hydrogen-bond donors (Lipinski definition) is 0. The molecule has 0 spiro atoms. The van der Waals surface area contributed by atoms with Crippen LogP contribution in [-0.2, 0) is 14.3 Å². The SMILES string of the molecule is Cc1ccc(/C(=C\I)OS(=O)(=O)c2ccc(C)cc2)cc1. The third kappa shape index (κ3) is 4.07.